The first-order valence-corrected chi connectivity index (χ1v) is 8.13. The van der Waals surface area contributed by atoms with Crippen LogP contribution >= 0.6 is 0 Å². The highest BCUT2D eigenvalue weighted by molar-refractivity contribution is 5.82. The van der Waals surface area contributed by atoms with Gasteiger partial charge in [-0.1, -0.05) is 0 Å². The lowest BCUT2D eigenvalue weighted by Gasteiger charge is -2.20. The standard InChI is InChI=1S/C18H21FN4O2/c1-12-15-11-14(19)5-6-16(15)25-17(12)13(2)21-18(24)22(3)9-10-23-8-4-7-20-23/h4-8,11,13H,9-10H2,1-3H3,(H,21,24). The quantitative estimate of drug-likeness (QED) is 0.771. The van der Waals surface area contributed by atoms with Crippen molar-refractivity contribution < 1.29 is 13.6 Å². The van der Waals surface area contributed by atoms with Crippen molar-refractivity contribution in [3.63, 3.8) is 0 Å². The fourth-order valence-electron chi connectivity index (χ4n) is 2.77. The van der Waals surface area contributed by atoms with E-state index in [-0.39, 0.29) is 17.9 Å². The van der Waals surface area contributed by atoms with Gasteiger partial charge >= 0.3 is 6.03 Å². The Morgan fingerprint density at radius 1 is 1.48 bits per heavy atom. The van der Waals surface area contributed by atoms with E-state index in [2.05, 4.69) is 10.4 Å². The van der Waals surface area contributed by atoms with Crippen LogP contribution in [0.5, 0.6) is 0 Å². The van der Waals surface area contributed by atoms with Crippen LogP contribution in [0.3, 0.4) is 0 Å². The molecule has 1 N–H and O–H groups in total. The fourth-order valence-corrected chi connectivity index (χ4v) is 2.77. The second-order valence-corrected chi connectivity index (χ2v) is 6.09. The zero-order valence-corrected chi connectivity index (χ0v) is 14.5. The third-order valence-corrected chi connectivity index (χ3v) is 4.24. The highest BCUT2D eigenvalue weighted by Crippen LogP contribution is 2.29. The minimum Gasteiger partial charge on any atom is -0.459 e. The molecule has 1 unspecified atom stereocenters. The average Bonchev–Trinajstić information content (AvgIpc) is 3.21. The average molecular weight is 344 g/mol. The van der Waals surface area contributed by atoms with Crippen molar-refractivity contribution in [2.45, 2.75) is 26.4 Å². The number of likely N-dealkylation sites (N-methyl/N-ethyl adjacent to an activating group) is 1. The third-order valence-electron chi connectivity index (χ3n) is 4.24. The van der Waals surface area contributed by atoms with Gasteiger partial charge in [-0.25, -0.2) is 9.18 Å². The Balaban J connectivity index is 1.65. The number of halogens is 1. The molecule has 3 aromatic rings. The number of aromatic nitrogens is 2. The smallest absolute Gasteiger partial charge is 0.317 e. The molecule has 0 aliphatic heterocycles. The number of hydrogen-bond donors (Lipinski definition) is 1. The summed E-state index contributed by atoms with van der Waals surface area (Å²) in [5.41, 5.74) is 1.45. The van der Waals surface area contributed by atoms with Crippen molar-refractivity contribution in [3.8, 4) is 0 Å². The molecule has 0 spiro atoms. The topological polar surface area (TPSA) is 63.3 Å². The first-order valence-electron chi connectivity index (χ1n) is 8.13. The van der Waals surface area contributed by atoms with Crippen LogP contribution in [0.15, 0.2) is 41.1 Å². The van der Waals surface area contributed by atoms with Crippen molar-refractivity contribution in [1.82, 2.24) is 20.0 Å². The van der Waals surface area contributed by atoms with Gasteiger partial charge in [-0.3, -0.25) is 4.68 Å². The number of urea groups is 1. The SMILES string of the molecule is Cc1c(C(C)NC(=O)N(C)CCn2cccn2)oc2ccc(F)cc12. The predicted molar refractivity (Wildman–Crippen MR) is 92.7 cm³/mol. The van der Waals surface area contributed by atoms with E-state index >= 15 is 0 Å². The molecule has 2 aromatic heterocycles. The largest absolute Gasteiger partial charge is 0.459 e. The fraction of sp³-hybridized carbons (Fsp3) is 0.333. The molecule has 3 rings (SSSR count). The molecule has 2 amide bonds. The lowest BCUT2D eigenvalue weighted by atomic mass is 10.1. The van der Waals surface area contributed by atoms with Gasteiger partial charge in [0.05, 0.1) is 12.6 Å². The van der Waals surface area contributed by atoms with Crippen LogP contribution in [-0.2, 0) is 6.54 Å². The van der Waals surface area contributed by atoms with E-state index in [1.54, 1.807) is 28.9 Å². The minimum absolute atomic E-state index is 0.203. The van der Waals surface area contributed by atoms with Crippen LogP contribution < -0.4 is 5.32 Å². The van der Waals surface area contributed by atoms with Gasteiger partial charge in [0.1, 0.15) is 17.2 Å². The summed E-state index contributed by atoms with van der Waals surface area (Å²) >= 11 is 0. The Hall–Kier alpha value is -2.83. The van der Waals surface area contributed by atoms with Gasteiger partial charge in [-0.15, -0.1) is 0 Å². The van der Waals surface area contributed by atoms with E-state index in [9.17, 15) is 9.18 Å². The zero-order valence-electron chi connectivity index (χ0n) is 14.5. The Kier molecular flexibility index (Phi) is 4.74. The maximum atomic E-state index is 13.4. The Labute approximate surface area is 145 Å². The summed E-state index contributed by atoms with van der Waals surface area (Å²) in [4.78, 5) is 13.9. The number of nitrogens with zero attached hydrogens (tertiary/aromatic N) is 3. The number of carbonyl (C=O) groups excluding carboxylic acids is 1. The maximum absolute atomic E-state index is 13.4. The first-order chi connectivity index (χ1) is 12.0. The normalized spacial score (nSPS) is 12.3. The number of hydrogen-bond acceptors (Lipinski definition) is 3. The van der Waals surface area contributed by atoms with E-state index in [1.165, 1.54) is 12.1 Å². The molecule has 132 valence electrons. The van der Waals surface area contributed by atoms with Gasteiger partial charge in [-0.2, -0.15) is 5.10 Å². The van der Waals surface area contributed by atoms with Crippen LogP contribution in [0.2, 0.25) is 0 Å². The Bertz CT molecular complexity index is 873. The second kappa shape index (κ2) is 6.96. The van der Waals surface area contributed by atoms with Crippen LogP contribution in [0.4, 0.5) is 9.18 Å². The van der Waals surface area contributed by atoms with Crippen molar-refractivity contribution in [2.24, 2.45) is 0 Å². The van der Waals surface area contributed by atoms with Gasteiger partial charge in [0.2, 0.25) is 0 Å². The molecule has 0 aliphatic rings. The number of fused-ring (bicyclic) bond motifs is 1. The van der Waals surface area contributed by atoms with E-state index < -0.39 is 0 Å². The summed E-state index contributed by atoms with van der Waals surface area (Å²) in [6, 6.07) is 5.73. The highest BCUT2D eigenvalue weighted by Gasteiger charge is 2.20. The Morgan fingerprint density at radius 3 is 3.00 bits per heavy atom. The molecular weight excluding hydrogens is 323 g/mol. The van der Waals surface area contributed by atoms with Gasteiger partial charge in [0, 0.05) is 36.9 Å². The molecule has 2 heterocycles. The molecule has 0 fully saturated rings. The molecule has 0 radical (unpaired) electrons. The zero-order chi connectivity index (χ0) is 18.0. The first kappa shape index (κ1) is 17.0. The summed E-state index contributed by atoms with van der Waals surface area (Å²) in [5, 5.41) is 7.75. The molecule has 0 saturated carbocycles. The summed E-state index contributed by atoms with van der Waals surface area (Å²) in [7, 11) is 1.73. The summed E-state index contributed by atoms with van der Waals surface area (Å²) in [6.07, 6.45) is 3.56. The monoisotopic (exact) mass is 344 g/mol. The number of benzene rings is 1. The van der Waals surface area contributed by atoms with E-state index in [4.69, 9.17) is 4.42 Å². The summed E-state index contributed by atoms with van der Waals surface area (Å²) in [6.45, 7) is 4.86. The van der Waals surface area contributed by atoms with Crippen LogP contribution in [0, 0.1) is 12.7 Å². The lowest BCUT2D eigenvalue weighted by molar-refractivity contribution is 0.201. The van der Waals surface area contributed by atoms with Crippen LogP contribution in [-0.4, -0.2) is 34.3 Å². The molecule has 0 bridgehead atoms. The van der Waals surface area contributed by atoms with Gasteiger partial charge in [-0.05, 0) is 38.1 Å². The van der Waals surface area contributed by atoms with Crippen molar-refractivity contribution in [3.05, 3.63) is 53.8 Å². The van der Waals surface area contributed by atoms with E-state index in [1.807, 2.05) is 26.1 Å². The molecule has 0 aliphatic carbocycles. The summed E-state index contributed by atoms with van der Waals surface area (Å²) in [5.74, 6) is 0.326. The second-order valence-electron chi connectivity index (χ2n) is 6.09. The molecule has 1 atom stereocenters. The van der Waals surface area contributed by atoms with Crippen LogP contribution in [0.25, 0.3) is 11.0 Å². The molecular formula is C18H21FN4O2. The number of rotatable bonds is 5. The number of furan rings is 1. The van der Waals surface area contributed by atoms with Gasteiger partial charge in [0.15, 0.2) is 0 Å². The highest BCUT2D eigenvalue weighted by atomic mass is 19.1. The number of aryl methyl sites for hydroxylation is 1. The number of nitrogens with one attached hydrogen (secondary N) is 1. The maximum Gasteiger partial charge on any atom is 0.317 e. The molecule has 1 aromatic carbocycles. The van der Waals surface area contributed by atoms with Gasteiger partial charge < -0.3 is 14.6 Å². The van der Waals surface area contributed by atoms with Gasteiger partial charge in [0.25, 0.3) is 0 Å². The summed E-state index contributed by atoms with van der Waals surface area (Å²) < 4.78 is 21.0. The minimum atomic E-state index is -0.324. The molecule has 7 heteroatoms. The van der Waals surface area contributed by atoms with Crippen molar-refractivity contribution in [2.75, 3.05) is 13.6 Å². The molecule has 6 nitrogen and oxygen atoms in total. The predicted octanol–water partition coefficient (Wildman–Crippen LogP) is 3.48. The lowest BCUT2D eigenvalue weighted by Crippen LogP contribution is -2.40. The molecule has 25 heavy (non-hydrogen) atoms. The van der Waals surface area contributed by atoms with E-state index in [0.717, 1.165) is 10.9 Å². The Morgan fingerprint density at radius 2 is 2.28 bits per heavy atom. The molecule has 0 saturated heterocycles. The van der Waals surface area contributed by atoms with E-state index in [0.29, 0.717) is 24.4 Å². The van der Waals surface area contributed by atoms with Crippen molar-refractivity contribution in [1.29, 1.82) is 0 Å². The van der Waals surface area contributed by atoms with Crippen LogP contribution in [0.1, 0.15) is 24.3 Å². The number of amides is 2. The third kappa shape index (κ3) is 3.65. The van der Waals surface area contributed by atoms with Crippen molar-refractivity contribution >= 4 is 17.0 Å². The number of carbonyl (C=O) groups is 1.